The quantitative estimate of drug-likeness (QED) is 0.562. The number of amides is 1. The van der Waals surface area contributed by atoms with Crippen LogP contribution in [0, 0.1) is 12.7 Å². The molecule has 134 valence electrons. The fraction of sp³-hybridized carbons (Fsp3) is 0.150. The number of carbonyl (C=O) groups is 1. The fourth-order valence-electron chi connectivity index (χ4n) is 3.64. The summed E-state index contributed by atoms with van der Waals surface area (Å²) in [5.41, 5.74) is 3.39. The third-order valence-corrected chi connectivity index (χ3v) is 5.83. The van der Waals surface area contributed by atoms with E-state index in [2.05, 4.69) is 15.4 Å². The Bertz CT molecular complexity index is 1160. The number of thiazole rings is 1. The number of nitrogens with zero attached hydrogens (tertiary/aromatic N) is 3. The van der Waals surface area contributed by atoms with E-state index < -0.39 is 0 Å². The van der Waals surface area contributed by atoms with Crippen molar-refractivity contribution >= 4 is 33.3 Å². The van der Waals surface area contributed by atoms with Gasteiger partial charge in [-0.2, -0.15) is 9.78 Å². The van der Waals surface area contributed by atoms with Gasteiger partial charge in [0.2, 0.25) is 11.0 Å². The van der Waals surface area contributed by atoms with Gasteiger partial charge in [-0.15, -0.1) is 0 Å². The van der Waals surface area contributed by atoms with E-state index in [0.29, 0.717) is 10.9 Å². The number of halogens is 1. The van der Waals surface area contributed by atoms with Crippen molar-refractivity contribution in [2.45, 2.75) is 19.3 Å². The van der Waals surface area contributed by atoms with E-state index in [9.17, 15) is 9.18 Å². The first-order valence-corrected chi connectivity index (χ1v) is 9.42. The van der Waals surface area contributed by atoms with Crippen LogP contribution in [0.3, 0.4) is 0 Å². The van der Waals surface area contributed by atoms with Gasteiger partial charge in [-0.05, 0) is 36.8 Å². The van der Waals surface area contributed by atoms with E-state index in [4.69, 9.17) is 0 Å². The van der Waals surface area contributed by atoms with Crippen LogP contribution in [-0.4, -0.2) is 20.7 Å². The summed E-state index contributed by atoms with van der Waals surface area (Å²) in [5.74, 6) is -0.0279. The third-order valence-electron chi connectivity index (χ3n) is 4.82. The second-order valence-electron chi connectivity index (χ2n) is 6.58. The number of aryl methyl sites for hydroxylation is 1. The summed E-state index contributed by atoms with van der Waals surface area (Å²) in [6.45, 7) is 1.91. The molecular weight excluding hydrogens is 363 g/mol. The first kappa shape index (κ1) is 16.1. The Hall–Kier alpha value is -3.06. The first-order chi connectivity index (χ1) is 13.1. The summed E-state index contributed by atoms with van der Waals surface area (Å²) in [7, 11) is 0. The minimum Gasteiger partial charge on any atom is -0.310 e. The van der Waals surface area contributed by atoms with Crippen LogP contribution in [0.4, 0.5) is 10.2 Å². The average molecular weight is 378 g/mol. The zero-order valence-electron chi connectivity index (χ0n) is 14.4. The fourth-order valence-corrected chi connectivity index (χ4v) is 4.57. The van der Waals surface area contributed by atoms with Gasteiger partial charge in [-0.1, -0.05) is 35.6 Å². The van der Waals surface area contributed by atoms with Crippen LogP contribution >= 0.6 is 11.3 Å². The minimum atomic E-state index is -0.309. The van der Waals surface area contributed by atoms with Crippen LogP contribution in [0.2, 0.25) is 0 Å². The van der Waals surface area contributed by atoms with Crippen LogP contribution in [0.25, 0.3) is 15.3 Å². The van der Waals surface area contributed by atoms with Crippen molar-refractivity contribution < 1.29 is 9.18 Å². The van der Waals surface area contributed by atoms with E-state index in [-0.39, 0.29) is 24.1 Å². The molecule has 0 aliphatic carbocycles. The largest absolute Gasteiger partial charge is 0.310 e. The lowest BCUT2D eigenvalue weighted by molar-refractivity contribution is -0.116. The number of hydrogen-bond donors (Lipinski definition) is 1. The molecule has 27 heavy (non-hydrogen) atoms. The minimum absolute atomic E-state index is 0.112. The van der Waals surface area contributed by atoms with Crippen molar-refractivity contribution in [3.8, 4) is 5.13 Å². The van der Waals surface area contributed by atoms with Crippen LogP contribution < -0.4 is 5.32 Å². The van der Waals surface area contributed by atoms with Gasteiger partial charge in [-0.25, -0.2) is 9.37 Å². The topological polar surface area (TPSA) is 59.8 Å². The molecule has 0 saturated carbocycles. The average Bonchev–Trinajstić information content (AvgIpc) is 3.22. The molecule has 1 amide bonds. The molecular formula is C20H15FN4OS. The van der Waals surface area contributed by atoms with Gasteiger partial charge in [0.1, 0.15) is 11.6 Å². The number of benzene rings is 2. The van der Waals surface area contributed by atoms with Crippen LogP contribution in [0.1, 0.15) is 29.2 Å². The standard InChI is InChI=1S/C20H15FN4OS/c1-11-18-14(12-5-4-6-13(21)9-12)10-17(26)23-19(18)25(24-11)20-22-15-7-2-3-8-16(15)27-20/h2-9,14H,10H2,1H3,(H,23,26)/t14-/m1/s1. The van der Waals surface area contributed by atoms with Gasteiger partial charge in [0, 0.05) is 17.9 Å². The Morgan fingerprint density at radius 1 is 1.22 bits per heavy atom. The number of nitrogens with one attached hydrogen (secondary N) is 1. The third kappa shape index (κ3) is 2.62. The monoisotopic (exact) mass is 378 g/mol. The van der Waals surface area contributed by atoms with Gasteiger partial charge < -0.3 is 5.32 Å². The molecule has 0 bridgehead atoms. The van der Waals surface area contributed by atoms with E-state index in [1.165, 1.54) is 23.5 Å². The lowest BCUT2D eigenvalue weighted by atomic mass is 9.86. The highest BCUT2D eigenvalue weighted by molar-refractivity contribution is 7.20. The lowest BCUT2D eigenvalue weighted by Crippen LogP contribution is -2.25. The Kier molecular flexibility index (Phi) is 3.58. The highest BCUT2D eigenvalue weighted by Gasteiger charge is 2.33. The Balaban J connectivity index is 1.69. The second kappa shape index (κ2) is 5.99. The number of fused-ring (bicyclic) bond motifs is 2. The number of anilines is 1. The SMILES string of the molecule is Cc1nn(-c2nc3ccccc3s2)c2c1[C@@H](c1cccc(F)c1)CC(=O)N2. The number of rotatable bonds is 2. The molecule has 1 atom stereocenters. The molecule has 1 aliphatic heterocycles. The molecule has 0 radical (unpaired) electrons. The van der Waals surface area contributed by atoms with Crippen LogP contribution in [0.15, 0.2) is 48.5 Å². The predicted molar refractivity (Wildman–Crippen MR) is 103 cm³/mol. The molecule has 3 heterocycles. The normalized spacial score (nSPS) is 16.4. The zero-order chi connectivity index (χ0) is 18.5. The highest BCUT2D eigenvalue weighted by atomic mass is 32.1. The van der Waals surface area contributed by atoms with E-state index in [0.717, 1.165) is 27.0 Å². The number of para-hydroxylation sites is 1. The summed E-state index contributed by atoms with van der Waals surface area (Å²) in [6, 6.07) is 14.3. The summed E-state index contributed by atoms with van der Waals surface area (Å²) in [5, 5.41) is 8.28. The number of hydrogen-bond acceptors (Lipinski definition) is 4. The van der Waals surface area contributed by atoms with Gasteiger partial charge in [0.15, 0.2) is 0 Å². The van der Waals surface area contributed by atoms with Crippen molar-refractivity contribution in [1.82, 2.24) is 14.8 Å². The molecule has 2 aromatic heterocycles. The number of carbonyl (C=O) groups excluding carboxylic acids is 1. The lowest BCUT2D eigenvalue weighted by Gasteiger charge is -2.24. The zero-order valence-corrected chi connectivity index (χ0v) is 15.3. The highest BCUT2D eigenvalue weighted by Crippen LogP contribution is 2.41. The van der Waals surface area contributed by atoms with Crippen molar-refractivity contribution in [2.75, 3.05) is 5.32 Å². The molecule has 5 rings (SSSR count). The molecule has 4 aromatic rings. The molecule has 2 aromatic carbocycles. The van der Waals surface area contributed by atoms with Crippen molar-refractivity contribution in [3.05, 3.63) is 71.2 Å². The maximum Gasteiger partial charge on any atom is 0.226 e. The van der Waals surface area contributed by atoms with Gasteiger partial charge in [0.25, 0.3) is 0 Å². The van der Waals surface area contributed by atoms with Crippen LogP contribution in [0.5, 0.6) is 0 Å². The molecule has 0 spiro atoms. The molecule has 0 unspecified atom stereocenters. The van der Waals surface area contributed by atoms with Crippen molar-refractivity contribution in [3.63, 3.8) is 0 Å². The maximum absolute atomic E-state index is 13.8. The second-order valence-corrected chi connectivity index (χ2v) is 7.59. The van der Waals surface area contributed by atoms with E-state index in [1.54, 1.807) is 10.7 Å². The summed E-state index contributed by atoms with van der Waals surface area (Å²) in [6.07, 6.45) is 0.267. The summed E-state index contributed by atoms with van der Waals surface area (Å²) in [4.78, 5) is 17.0. The van der Waals surface area contributed by atoms with Gasteiger partial charge in [-0.3, -0.25) is 4.79 Å². The molecule has 7 heteroatoms. The molecule has 1 aliphatic rings. The van der Waals surface area contributed by atoms with Gasteiger partial charge in [0.05, 0.1) is 15.9 Å². The first-order valence-electron chi connectivity index (χ1n) is 8.61. The Morgan fingerprint density at radius 2 is 2.07 bits per heavy atom. The van der Waals surface area contributed by atoms with Gasteiger partial charge >= 0.3 is 0 Å². The maximum atomic E-state index is 13.8. The Labute approximate surface area is 158 Å². The van der Waals surface area contributed by atoms with Crippen molar-refractivity contribution in [1.29, 1.82) is 0 Å². The van der Waals surface area contributed by atoms with Crippen LogP contribution in [-0.2, 0) is 4.79 Å². The smallest absolute Gasteiger partial charge is 0.226 e. The van der Waals surface area contributed by atoms with Crippen molar-refractivity contribution in [2.24, 2.45) is 0 Å². The van der Waals surface area contributed by atoms with E-state index >= 15 is 0 Å². The molecule has 0 saturated heterocycles. The Morgan fingerprint density at radius 3 is 2.89 bits per heavy atom. The molecule has 1 N–H and O–H groups in total. The molecule has 0 fully saturated rings. The van der Waals surface area contributed by atoms with E-state index in [1.807, 2.05) is 37.3 Å². The summed E-state index contributed by atoms with van der Waals surface area (Å²) < 4.78 is 16.5. The summed E-state index contributed by atoms with van der Waals surface area (Å²) >= 11 is 1.52. The number of aromatic nitrogens is 3. The molecule has 5 nitrogen and oxygen atoms in total. The predicted octanol–water partition coefficient (Wildman–Crippen LogP) is 4.40.